The fourth-order valence-corrected chi connectivity index (χ4v) is 4.41. The van der Waals surface area contributed by atoms with Crippen LogP contribution in [-0.2, 0) is 25.5 Å². The van der Waals surface area contributed by atoms with Crippen molar-refractivity contribution in [3.8, 4) is 17.5 Å². The van der Waals surface area contributed by atoms with E-state index in [1.165, 1.54) is 19.1 Å². The number of aromatic nitrogens is 1. The molecule has 188 valence electrons. The molecule has 0 amide bonds. The molecule has 0 aliphatic carbocycles. The number of nitrogens with zero attached hydrogens (tertiary/aromatic N) is 3. The summed E-state index contributed by atoms with van der Waals surface area (Å²) in [5.74, 6) is -1.30. The van der Waals surface area contributed by atoms with Crippen LogP contribution in [0.5, 0.6) is 0 Å². The first kappa shape index (κ1) is 25.3. The molecule has 2 aromatic carbocycles. The Balaban J connectivity index is 1.92. The number of carbonyl (C=O) groups excluding carboxylic acids is 2. The smallest absolute Gasteiger partial charge is 0.355 e. The quantitative estimate of drug-likeness (QED) is 0.499. The Kier molecular flexibility index (Phi) is 7.11. The van der Waals surface area contributed by atoms with E-state index in [2.05, 4.69) is 11.1 Å². The van der Waals surface area contributed by atoms with Crippen molar-refractivity contribution in [1.82, 2.24) is 4.98 Å². The minimum Gasteiger partial charge on any atom is -0.466 e. The van der Waals surface area contributed by atoms with Gasteiger partial charge in [-0.15, -0.1) is 0 Å². The molecule has 9 heteroatoms. The maximum Gasteiger partial charge on any atom is 0.355 e. The van der Waals surface area contributed by atoms with Crippen molar-refractivity contribution in [2.24, 2.45) is 5.73 Å². The molecular weight excluding hydrogens is 472 g/mol. The lowest BCUT2D eigenvalue weighted by Gasteiger charge is -2.35. The summed E-state index contributed by atoms with van der Waals surface area (Å²) in [4.78, 5) is 32.1. The van der Waals surface area contributed by atoms with E-state index in [0.717, 1.165) is 17.9 Å². The molecule has 0 fully saturated rings. The highest BCUT2D eigenvalue weighted by molar-refractivity contribution is 6.06. The summed E-state index contributed by atoms with van der Waals surface area (Å²) in [5.41, 5.74) is 9.06. The van der Waals surface area contributed by atoms with Crippen LogP contribution in [0.3, 0.4) is 0 Å². The highest BCUT2D eigenvalue weighted by Crippen LogP contribution is 2.43. The molecule has 0 saturated carbocycles. The van der Waals surface area contributed by atoms with Crippen molar-refractivity contribution < 1.29 is 23.5 Å². The van der Waals surface area contributed by atoms with Crippen molar-refractivity contribution in [2.45, 2.75) is 26.2 Å². The van der Waals surface area contributed by atoms with E-state index in [9.17, 15) is 14.9 Å². The first-order chi connectivity index (χ1) is 17.9. The van der Waals surface area contributed by atoms with Gasteiger partial charge in [0.25, 0.3) is 0 Å². The molecule has 1 aliphatic rings. The summed E-state index contributed by atoms with van der Waals surface area (Å²) in [6, 6.07) is 17.9. The molecule has 2 heterocycles. The zero-order chi connectivity index (χ0) is 26.7. The van der Waals surface area contributed by atoms with Gasteiger partial charge in [-0.05, 0) is 43.2 Å². The second-order valence-electron chi connectivity index (χ2n) is 8.26. The van der Waals surface area contributed by atoms with Crippen molar-refractivity contribution in [3.63, 3.8) is 0 Å². The lowest BCUT2D eigenvalue weighted by Crippen LogP contribution is -2.40. The first-order valence-electron chi connectivity index (χ1n) is 11.6. The van der Waals surface area contributed by atoms with Gasteiger partial charge in [0.2, 0.25) is 5.89 Å². The summed E-state index contributed by atoms with van der Waals surface area (Å²) in [6.07, 6.45) is 0.742. The summed E-state index contributed by atoms with van der Waals surface area (Å²) >= 11 is 0. The van der Waals surface area contributed by atoms with Gasteiger partial charge < -0.3 is 19.6 Å². The third-order valence-electron chi connectivity index (χ3n) is 6.21. The van der Waals surface area contributed by atoms with Gasteiger partial charge in [-0.2, -0.15) is 5.26 Å². The Morgan fingerprint density at radius 2 is 1.73 bits per heavy atom. The number of anilines is 1. The number of methoxy groups -OCH3 is 2. The highest BCUT2D eigenvalue weighted by Gasteiger charge is 2.42. The predicted molar refractivity (Wildman–Crippen MR) is 136 cm³/mol. The average molecular weight is 499 g/mol. The minimum atomic E-state index is -0.925. The Labute approximate surface area is 214 Å². The molecule has 9 nitrogen and oxygen atoms in total. The molecule has 4 rings (SSSR count). The van der Waals surface area contributed by atoms with Gasteiger partial charge in [0, 0.05) is 11.3 Å². The molecule has 37 heavy (non-hydrogen) atoms. The topological polar surface area (TPSA) is 132 Å². The molecule has 1 unspecified atom stereocenters. The minimum absolute atomic E-state index is 0.00241. The van der Waals surface area contributed by atoms with E-state index < -0.39 is 17.9 Å². The number of aryl methyl sites for hydroxylation is 2. The summed E-state index contributed by atoms with van der Waals surface area (Å²) in [5, 5.41) is 10.1. The number of hydrogen-bond donors (Lipinski definition) is 1. The van der Waals surface area contributed by atoms with Crippen LogP contribution >= 0.6 is 0 Å². The second-order valence-corrected chi connectivity index (χ2v) is 8.26. The fraction of sp³-hybridized carbons (Fsp3) is 0.214. The van der Waals surface area contributed by atoms with Crippen LogP contribution < -0.4 is 10.6 Å². The summed E-state index contributed by atoms with van der Waals surface area (Å²) in [7, 11) is 2.42. The van der Waals surface area contributed by atoms with Crippen LogP contribution in [0, 0.1) is 18.3 Å². The monoisotopic (exact) mass is 498 g/mol. The maximum atomic E-state index is 13.1. The number of allylic oxidation sites excluding steroid dienone is 1. The lowest BCUT2D eigenvalue weighted by molar-refractivity contribution is -0.139. The lowest BCUT2D eigenvalue weighted by atomic mass is 9.81. The van der Waals surface area contributed by atoms with Crippen LogP contribution in [0.2, 0.25) is 0 Å². The van der Waals surface area contributed by atoms with Gasteiger partial charge in [0.05, 0.1) is 43.0 Å². The van der Waals surface area contributed by atoms with E-state index in [1.54, 1.807) is 54.6 Å². The SMILES string of the molecule is CCc1nc(-c2ccc(N3C(N)=C(C#N)C(c4ccccc4)C(C(=O)OC)=C3C(=O)OC)cc2)oc1C. The van der Waals surface area contributed by atoms with E-state index >= 15 is 0 Å². The normalized spacial score (nSPS) is 15.4. The van der Waals surface area contributed by atoms with Crippen LogP contribution in [0.15, 0.2) is 81.7 Å². The number of oxazole rings is 1. The third-order valence-corrected chi connectivity index (χ3v) is 6.21. The van der Waals surface area contributed by atoms with Crippen LogP contribution in [-0.4, -0.2) is 31.1 Å². The molecule has 1 atom stereocenters. The van der Waals surface area contributed by atoms with Crippen molar-refractivity contribution >= 4 is 17.6 Å². The first-order valence-corrected chi connectivity index (χ1v) is 11.6. The van der Waals surface area contributed by atoms with E-state index in [-0.39, 0.29) is 22.7 Å². The Hall–Kier alpha value is -4.84. The number of ether oxygens (including phenoxy) is 2. The fourth-order valence-electron chi connectivity index (χ4n) is 4.41. The number of benzene rings is 2. The summed E-state index contributed by atoms with van der Waals surface area (Å²) < 4.78 is 15.9. The third kappa shape index (κ3) is 4.45. The highest BCUT2D eigenvalue weighted by atomic mass is 16.5. The molecule has 0 radical (unpaired) electrons. The average Bonchev–Trinajstić information content (AvgIpc) is 3.32. The molecule has 0 spiro atoms. The number of nitrogens with two attached hydrogens (primary N) is 1. The zero-order valence-corrected chi connectivity index (χ0v) is 20.9. The Morgan fingerprint density at radius 3 is 2.27 bits per heavy atom. The van der Waals surface area contributed by atoms with Crippen molar-refractivity contribution in [1.29, 1.82) is 5.26 Å². The number of nitriles is 1. The Morgan fingerprint density at radius 1 is 1.08 bits per heavy atom. The number of hydrogen-bond acceptors (Lipinski definition) is 9. The predicted octanol–water partition coefficient (Wildman–Crippen LogP) is 4.11. The van der Waals surface area contributed by atoms with Gasteiger partial charge >= 0.3 is 11.9 Å². The van der Waals surface area contributed by atoms with E-state index in [1.807, 2.05) is 13.8 Å². The molecule has 1 aliphatic heterocycles. The molecule has 0 bridgehead atoms. The second kappa shape index (κ2) is 10.4. The number of carbonyl (C=O) groups is 2. The molecule has 1 aromatic heterocycles. The van der Waals surface area contributed by atoms with Crippen LogP contribution in [0.25, 0.3) is 11.5 Å². The van der Waals surface area contributed by atoms with Crippen LogP contribution in [0.1, 0.15) is 29.9 Å². The molecule has 3 aromatic rings. The van der Waals surface area contributed by atoms with Crippen molar-refractivity contribution in [3.05, 3.63) is 94.3 Å². The largest absolute Gasteiger partial charge is 0.466 e. The van der Waals surface area contributed by atoms with Gasteiger partial charge in [-0.1, -0.05) is 37.3 Å². The number of esters is 2. The van der Waals surface area contributed by atoms with Crippen LogP contribution in [0.4, 0.5) is 5.69 Å². The number of rotatable bonds is 6. The molecule has 2 N–H and O–H groups in total. The zero-order valence-electron chi connectivity index (χ0n) is 20.9. The molecule has 0 saturated heterocycles. The molecular formula is C28H26N4O5. The standard InChI is InChI=1S/C28H26N4O5/c1-5-21-16(2)37-26(31-21)18-11-13-19(14-12-18)32-24(28(34)36-4)23(27(33)35-3)22(20(15-29)25(32)30)17-9-7-6-8-10-17/h6-14,22H,5,30H2,1-4H3. The van der Waals surface area contributed by atoms with Gasteiger partial charge in [-0.25, -0.2) is 14.6 Å². The van der Waals surface area contributed by atoms with Crippen molar-refractivity contribution in [2.75, 3.05) is 19.1 Å². The Bertz CT molecular complexity index is 1450. The van der Waals surface area contributed by atoms with Gasteiger partial charge in [-0.3, -0.25) is 4.90 Å². The summed E-state index contributed by atoms with van der Waals surface area (Å²) in [6.45, 7) is 3.86. The van der Waals surface area contributed by atoms with Gasteiger partial charge in [0.1, 0.15) is 17.3 Å². The van der Waals surface area contributed by atoms with E-state index in [4.69, 9.17) is 19.6 Å². The maximum absolute atomic E-state index is 13.1. The van der Waals surface area contributed by atoms with Gasteiger partial charge in [0.15, 0.2) is 0 Å². The van der Waals surface area contributed by atoms with E-state index in [0.29, 0.717) is 22.7 Å².